The van der Waals surface area contributed by atoms with Gasteiger partial charge in [-0.1, -0.05) is 17.3 Å². The first-order valence-corrected chi connectivity index (χ1v) is 7.92. The number of rotatable bonds is 4. The predicted octanol–water partition coefficient (Wildman–Crippen LogP) is 4.02. The van der Waals surface area contributed by atoms with Crippen LogP contribution in [0.1, 0.15) is 47.7 Å². The minimum Gasteiger partial charge on any atom is -0.368 e. The van der Waals surface area contributed by atoms with E-state index in [0.29, 0.717) is 5.92 Å². The second kappa shape index (κ2) is 5.55. The number of nitrogens with zero attached hydrogens (tertiary/aromatic N) is 2. The molecule has 1 aliphatic carbocycles. The molecule has 0 bridgehead atoms. The van der Waals surface area contributed by atoms with Crippen molar-refractivity contribution in [3.8, 4) is 0 Å². The second-order valence-electron chi connectivity index (χ2n) is 6.07. The van der Waals surface area contributed by atoms with E-state index in [4.69, 9.17) is 4.52 Å². The number of fused-ring (bicyclic) bond motifs is 1. The topological polar surface area (TPSA) is 29.3 Å². The number of benzene rings is 1. The minimum absolute atomic E-state index is 0.454. The van der Waals surface area contributed by atoms with Crippen molar-refractivity contribution in [2.24, 2.45) is 0 Å². The Morgan fingerprint density at radius 2 is 1.67 bits per heavy atom. The number of hydrogen-bond acceptors (Lipinski definition) is 3. The van der Waals surface area contributed by atoms with E-state index in [1.165, 1.54) is 27.9 Å². The SMILES string of the molecule is CCN(CC)c1conc1C1Cc2cc(C)c(C)cc2C1. The summed E-state index contributed by atoms with van der Waals surface area (Å²) in [5, 5.41) is 4.33. The second-order valence-corrected chi connectivity index (χ2v) is 6.07. The van der Waals surface area contributed by atoms with Gasteiger partial charge in [0.2, 0.25) is 0 Å². The molecule has 1 aliphatic rings. The van der Waals surface area contributed by atoms with Crippen LogP contribution >= 0.6 is 0 Å². The van der Waals surface area contributed by atoms with Crippen molar-refractivity contribution in [2.45, 2.75) is 46.5 Å². The molecular formula is C18H24N2O. The maximum Gasteiger partial charge on any atom is 0.147 e. The molecule has 0 saturated heterocycles. The van der Waals surface area contributed by atoms with Crippen LogP contribution in [0.4, 0.5) is 5.69 Å². The van der Waals surface area contributed by atoms with Crippen molar-refractivity contribution in [2.75, 3.05) is 18.0 Å². The summed E-state index contributed by atoms with van der Waals surface area (Å²) >= 11 is 0. The van der Waals surface area contributed by atoms with Crippen LogP contribution in [-0.4, -0.2) is 18.2 Å². The van der Waals surface area contributed by atoms with Gasteiger partial charge in [-0.25, -0.2) is 0 Å². The molecule has 0 radical (unpaired) electrons. The molecule has 1 aromatic carbocycles. The summed E-state index contributed by atoms with van der Waals surface area (Å²) in [7, 11) is 0. The summed E-state index contributed by atoms with van der Waals surface area (Å²) in [6, 6.07) is 4.70. The van der Waals surface area contributed by atoms with Crippen molar-refractivity contribution in [1.82, 2.24) is 5.16 Å². The number of hydrogen-bond donors (Lipinski definition) is 0. The Labute approximate surface area is 126 Å². The Hall–Kier alpha value is -1.77. The number of aryl methyl sites for hydroxylation is 2. The first kappa shape index (κ1) is 14.2. The maximum atomic E-state index is 5.30. The van der Waals surface area contributed by atoms with E-state index in [-0.39, 0.29) is 0 Å². The summed E-state index contributed by atoms with van der Waals surface area (Å²) in [5.41, 5.74) is 8.04. The zero-order chi connectivity index (χ0) is 15.0. The Bertz CT molecular complexity index is 610. The molecule has 3 nitrogen and oxygen atoms in total. The summed E-state index contributed by atoms with van der Waals surface area (Å²) in [6.45, 7) is 10.7. The van der Waals surface area contributed by atoms with Crippen LogP contribution in [-0.2, 0) is 12.8 Å². The van der Waals surface area contributed by atoms with Gasteiger partial charge < -0.3 is 9.42 Å². The van der Waals surface area contributed by atoms with Crippen LogP contribution in [0, 0.1) is 13.8 Å². The van der Waals surface area contributed by atoms with Gasteiger partial charge in [0, 0.05) is 19.0 Å². The van der Waals surface area contributed by atoms with Gasteiger partial charge in [0.05, 0.1) is 0 Å². The monoisotopic (exact) mass is 284 g/mol. The maximum absolute atomic E-state index is 5.30. The average Bonchev–Trinajstić information content (AvgIpc) is 3.07. The van der Waals surface area contributed by atoms with Gasteiger partial charge >= 0.3 is 0 Å². The lowest BCUT2D eigenvalue weighted by atomic mass is 10.0. The number of anilines is 1. The molecule has 0 unspecified atom stereocenters. The van der Waals surface area contributed by atoms with E-state index in [0.717, 1.165) is 31.6 Å². The van der Waals surface area contributed by atoms with Crippen LogP contribution in [0.15, 0.2) is 22.9 Å². The molecule has 3 rings (SSSR count). The summed E-state index contributed by atoms with van der Waals surface area (Å²) in [5.74, 6) is 0.454. The van der Waals surface area contributed by atoms with Crippen molar-refractivity contribution in [3.63, 3.8) is 0 Å². The van der Waals surface area contributed by atoms with E-state index >= 15 is 0 Å². The third-order valence-electron chi connectivity index (χ3n) is 4.82. The van der Waals surface area contributed by atoms with E-state index in [1.807, 2.05) is 6.26 Å². The standard InChI is InChI=1S/C18H24N2O/c1-5-20(6-2)17-11-21-19-18(17)16-9-14-7-12(3)13(4)8-15(14)10-16/h7-8,11,16H,5-6,9-10H2,1-4H3. The molecule has 0 fully saturated rings. The van der Waals surface area contributed by atoms with Crippen LogP contribution in [0.5, 0.6) is 0 Å². The van der Waals surface area contributed by atoms with Gasteiger partial charge in [-0.2, -0.15) is 0 Å². The molecular weight excluding hydrogens is 260 g/mol. The number of aromatic nitrogens is 1. The van der Waals surface area contributed by atoms with Crippen molar-refractivity contribution in [1.29, 1.82) is 0 Å². The van der Waals surface area contributed by atoms with Gasteiger partial charge in [0.1, 0.15) is 17.6 Å². The zero-order valence-electron chi connectivity index (χ0n) is 13.4. The van der Waals surface area contributed by atoms with E-state index in [1.54, 1.807) is 0 Å². The largest absolute Gasteiger partial charge is 0.368 e. The van der Waals surface area contributed by atoms with Crippen LogP contribution in [0.3, 0.4) is 0 Å². The quantitative estimate of drug-likeness (QED) is 0.849. The third-order valence-corrected chi connectivity index (χ3v) is 4.82. The molecule has 0 N–H and O–H groups in total. The lowest BCUT2D eigenvalue weighted by Gasteiger charge is -2.21. The highest BCUT2D eigenvalue weighted by Crippen LogP contribution is 2.38. The summed E-state index contributed by atoms with van der Waals surface area (Å²) in [6.07, 6.45) is 3.97. The fourth-order valence-electron chi connectivity index (χ4n) is 3.44. The lowest BCUT2D eigenvalue weighted by molar-refractivity contribution is 0.405. The van der Waals surface area contributed by atoms with Crippen molar-refractivity contribution >= 4 is 5.69 Å². The Balaban J connectivity index is 1.90. The predicted molar refractivity (Wildman–Crippen MR) is 86.1 cm³/mol. The van der Waals surface area contributed by atoms with Crippen molar-refractivity contribution < 1.29 is 4.52 Å². The van der Waals surface area contributed by atoms with Gasteiger partial charge in [-0.15, -0.1) is 0 Å². The molecule has 0 atom stereocenters. The third kappa shape index (κ3) is 2.45. The first-order valence-electron chi connectivity index (χ1n) is 7.92. The smallest absolute Gasteiger partial charge is 0.147 e. The van der Waals surface area contributed by atoms with Gasteiger partial charge in [0.25, 0.3) is 0 Å². The molecule has 21 heavy (non-hydrogen) atoms. The molecule has 1 heterocycles. The Morgan fingerprint density at radius 3 is 2.19 bits per heavy atom. The highest BCUT2D eigenvalue weighted by molar-refractivity contribution is 5.52. The first-order chi connectivity index (χ1) is 10.1. The fourth-order valence-corrected chi connectivity index (χ4v) is 3.44. The molecule has 0 amide bonds. The van der Waals surface area contributed by atoms with E-state index in [2.05, 4.69) is 49.9 Å². The summed E-state index contributed by atoms with van der Waals surface area (Å²) < 4.78 is 5.30. The molecule has 1 aromatic heterocycles. The Kier molecular flexibility index (Phi) is 3.75. The van der Waals surface area contributed by atoms with Crippen LogP contribution in [0.2, 0.25) is 0 Å². The Morgan fingerprint density at radius 1 is 1.10 bits per heavy atom. The van der Waals surface area contributed by atoms with E-state index < -0.39 is 0 Å². The van der Waals surface area contributed by atoms with Gasteiger partial charge in [-0.05, 0) is 62.8 Å². The normalized spacial score (nSPS) is 14.5. The zero-order valence-corrected chi connectivity index (χ0v) is 13.4. The molecule has 0 aliphatic heterocycles. The van der Waals surface area contributed by atoms with Crippen molar-refractivity contribution in [3.05, 3.63) is 46.3 Å². The molecule has 3 heteroatoms. The van der Waals surface area contributed by atoms with Crippen LogP contribution < -0.4 is 4.90 Å². The molecule has 0 saturated carbocycles. The summed E-state index contributed by atoms with van der Waals surface area (Å²) in [4.78, 5) is 2.32. The lowest BCUT2D eigenvalue weighted by Crippen LogP contribution is -2.23. The molecule has 112 valence electrons. The minimum atomic E-state index is 0.454. The fraction of sp³-hybridized carbons (Fsp3) is 0.500. The van der Waals surface area contributed by atoms with Gasteiger partial charge in [-0.3, -0.25) is 0 Å². The van der Waals surface area contributed by atoms with Crippen LogP contribution in [0.25, 0.3) is 0 Å². The van der Waals surface area contributed by atoms with Gasteiger partial charge in [0.15, 0.2) is 0 Å². The molecule has 2 aromatic rings. The highest BCUT2D eigenvalue weighted by Gasteiger charge is 2.29. The van der Waals surface area contributed by atoms with E-state index in [9.17, 15) is 0 Å². The molecule has 0 spiro atoms. The highest BCUT2D eigenvalue weighted by atomic mass is 16.5. The average molecular weight is 284 g/mol.